The molecule has 0 bridgehead atoms. The lowest BCUT2D eigenvalue weighted by atomic mass is 10.1. The summed E-state index contributed by atoms with van der Waals surface area (Å²) in [6.07, 6.45) is 2.95. The molecule has 0 unspecified atom stereocenters. The number of fused-ring (bicyclic) bond motifs is 2. The van der Waals surface area contributed by atoms with Crippen molar-refractivity contribution in [3.05, 3.63) is 87.0 Å². The van der Waals surface area contributed by atoms with Crippen LogP contribution in [-0.2, 0) is 0 Å². The highest BCUT2D eigenvalue weighted by Crippen LogP contribution is 2.32. The van der Waals surface area contributed by atoms with Crippen LogP contribution in [0.5, 0.6) is 0 Å². The lowest BCUT2D eigenvalue weighted by Gasteiger charge is -2.22. The average molecular weight is 469 g/mol. The molecule has 1 atom stereocenters. The smallest absolute Gasteiger partial charge is 0.263 e. The Balaban J connectivity index is 1.74. The molecule has 2 N–H and O–H groups in total. The minimum atomic E-state index is -0.501. The van der Waals surface area contributed by atoms with Crippen molar-refractivity contribution in [1.29, 1.82) is 0 Å². The van der Waals surface area contributed by atoms with Gasteiger partial charge in [0.05, 0.1) is 33.5 Å². The monoisotopic (exact) mass is 468 g/mol. The maximum Gasteiger partial charge on any atom is 0.263 e. The predicted molar refractivity (Wildman–Crippen MR) is 123 cm³/mol. The van der Waals surface area contributed by atoms with Crippen LogP contribution in [0.2, 0.25) is 10.0 Å². The minimum absolute atomic E-state index is 0.220. The van der Waals surface area contributed by atoms with Crippen molar-refractivity contribution in [2.45, 2.75) is 13.0 Å². The second-order valence-corrected chi connectivity index (χ2v) is 7.99. The molecule has 5 rings (SSSR count). The number of benzene rings is 2. The van der Waals surface area contributed by atoms with Crippen LogP contribution in [0.3, 0.4) is 0 Å². The maximum absolute atomic E-state index is 13.9. The number of hydrogen-bond donors (Lipinski definition) is 2. The largest absolute Gasteiger partial charge is 0.360 e. The van der Waals surface area contributed by atoms with Crippen molar-refractivity contribution in [3.8, 4) is 5.69 Å². The highest BCUT2D eigenvalue weighted by Gasteiger charge is 2.20. The van der Waals surface area contributed by atoms with E-state index in [1.165, 1.54) is 29.4 Å². The molecule has 3 heterocycles. The second-order valence-electron chi connectivity index (χ2n) is 7.20. The number of halogens is 3. The first kappa shape index (κ1) is 20.4. The summed E-state index contributed by atoms with van der Waals surface area (Å²) >= 11 is 12.7. The van der Waals surface area contributed by atoms with Crippen LogP contribution in [0, 0.1) is 5.82 Å². The highest BCUT2D eigenvalue weighted by atomic mass is 35.5. The van der Waals surface area contributed by atoms with Crippen molar-refractivity contribution in [1.82, 2.24) is 24.5 Å². The van der Waals surface area contributed by atoms with Gasteiger partial charge in [0, 0.05) is 5.69 Å². The first-order chi connectivity index (χ1) is 15.4. The predicted octanol–water partition coefficient (Wildman–Crippen LogP) is 5.28. The highest BCUT2D eigenvalue weighted by molar-refractivity contribution is 6.43. The van der Waals surface area contributed by atoms with Gasteiger partial charge in [-0.05, 0) is 42.6 Å². The summed E-state index contributed by atoms with van der Waals surface area (Å²) in [7, 11) is 0. The fourth-order valence-electron chi connectivity index (χ4n) is 3.68. The van der Waals surface area contributed by atoms with Crippen molar-refractivity contribution in [3.63, 3.8) is 0 Å². The van der Waals surface area contributed by atoms with Crippen molar-refractivity contribution < 1.29 is 4.39 Å². The third kappa shape index (κ3) is 3.37. The Bertz CT molecular complexity index is 1550. The number of hydrogen-bond acceptors (Lipinski definition) is 5. The molecule has 0 radical (unpaired) electrons. The first-order valence-electron chi connectivity index (χ1n) is 9.64. The Morgan fingerprint density at radius 3 is 2.81 bits per heavy atom. The van der Waals surface area contributed by atoms with Gasteiger partial charge in [0.25, 0.3) is 5.56 Å². The number of H-pyrrole nitrogens is 1. The third-order valence-electron chi connectivity index (χ3n) is 5.20. The van der Waals surface area contributed by atoms with E-state index in [1.807, 2.05) is 13.0 Å². The zero-order valence-corrected chi connectivity index (χ0v) is 18.1. The number of aromatic nitrogens is 5. The van der Waals surface area contributed by atoms with E-state index in [9.17, 15) is 9.18 Å². The molecule has 5 aromatic rings. The topological polar surface area (TPSA) is 88.5 Å². The zero-order chi connectivity index (χ0) is 22.4. The zero-order valence-electron chi connectivity index (χ0n) is 16.6. The van der Waals surface area contributed by atoms with Crippen molar-refractivity contribution >= 4 is 51.0 Å². The van der Waals surface area contributed by atoms with Gasteiger partial charge in [0.2, 0.25) is 0 Å². The Morgan fingerprint density at radius 2 is 1.97 bits per heavy atom. The van der Waals surface area contributed by atoms with Crippen LogP contribution in [-0.4, -0.2) is 24.5 Å². The van der Waals surface area contributed by atoms with Gasteiger partial charge in [-0.15, -0.1) is 0 Å². The Hall–Kier alpha value is -3.49. The van der Waals surface area contributed by atoms with Gasteiger partial charge in [0.1, 0.15) is 17.7 Å². The van der Waals surface area contributed by atoms with Crippen LogP contribution < -0.4 is 10.9 Å². The summed E-state index contributed by atoms with van der Waals surface area (Å²) in [6, 6.07) is 10.5. The van der Waals surface area contributed by atoms with Crippen LogP contribution >= 0.6 is 23.2 Å². The fourth-order valence-corrected chi connectivity index (χ4v) is 4.06. The molecule has 0 fully saturated rings. The van der Waals surface area contributed by atoms with Crippen LogP contribution in [0.1, 0.15) is 18.7 Å². The average Bonchev–Trinajstić information content (AvgIpc) is 3.26. The van der Waals surface area contributed by atoms with Gasteiger partial charge in [-0.25, -0.2) is 19.3 Å². The van der Waals surface area contributed by atoms with E-state index in [0.717, 1.165) is 0 Å². The second kappa shape index (κ2) is 7.89. The third-order valence-corrected chi connectivity index (χ3v) is 6.01. The number of pyridine rings is 1. The van der Waals surface area contributed by atoms with Gasteiger partial charge in [-0.2, -0.15) is 0 Å². The molecule has 32 heavy (non-hydrogen) atoms. The Morgan fingerprint density at radius 1 is 1.12 bits per heavy atom. The first-order valence-corrected chi connectivity index (χ1v) is 10.4. The van der Waals surface area contributed by atoms with E-state index < -0.39 is 17.4 Å². The number of nitrogens with one attached hydrogen (secondary N) is 2. The Labute approximate surface area is 190 Å². The number of aromatic amines is 1. The summed E-state index contributed by atoms with van der Waals surface area (Å²) < 4.78 is 15.4. The van der Waals surface area contributed by atoms with Crippen LogP contribution in [0.25, 0.3) is 27.6 Å². The fraction of sp³-hybridized carbons (Fsp3) is 0.0909. The van der Waals surface area contributed by atoms with Gasteiger partial charge in [-0.1, -0.05) is 35.3 Å². The number of imidazole rings is 1. The molecular weight excluding hydrogens is 454 g/mol. The summed E-state index contributed by atoms with van der Waals surface area (Å²) in [5, 5.41) is 4.64. The molecule has 0 amide bonds. The summed E-state index contributed by atoms with van der Waals surface area (Å²) in [6.45, 7) is 1.87. The molecule has 7 nitrogen and oxygen atoms in total. The molecule has 0 aliphatic carbocycles. The molecule has 0 saturated heterocycles. The molecule has 160 valence electrons. The molecule has 0 aliphatic heterocycles. The van der Waals surface area contributed by atoms with Crippen molar-refractivity contribution in [2.24, 2.45) is 0 Å². The summed E-state index contributed by atoms with van der Waals surface area (Å²) in [5.41, 5.74) is 1.71. The van der Waals surface area contributed by atoms with Crippen LogP contribution in [0.4, 0.5) is 10.2 Å². The van der Waals surface area contributed by atoms with Crippen molar-refractivity contribution in [2.75, 3.05) is 5.32 Å². The standard InChI is InChI=1S/C22H15Cl2FN6O/c1-11(30-21-19-20(27-9-26-19)28-10-29-21)17-7-12-5-6-13(25)8-14(12)22(32)31(17)16-4-2-3-15(23)18(16)24/h2-11H,1H3,(H2,26,27,28,29,30)/t11-/m0/s1. The number of anilines is 1. The minimum Gasteiger partial charge on any atom is -0.360 e. The molecule has 10 heteroatoms. The maximum atomic E-state index is 13.9. The van der Waals surface area contributed by atoms with Gasteiger partial charge < -0.3 is 10.3 Å². The summed E-state index contributed by atoms with van der Waals surface area (Å²) in [4.78, 5) is 29.1. The van der Waals surface area contributed by atoms with E-state index in [0.29, 0.717) is 38.8 Å². The lowest BCUT2D eigenvalue weighted by molar-refractivity contribution is 0.629. The van der Waals surface area contributed by atoms with E-state index >= 15 is 0 Å². The molecule has 2 aromatic carbocycles. The molecule has 0 spiro atoms. The van der Waals surface area contributed by atoms with E-state index in [4.69, 9.17) is 23.2 Å². The summed E-state index contributed by atoms with van der Waals surface area (Å²) in [5.74, 6) is -0.00156. The quantitative estimate of drug-likeness (QED) is 0.374. The Kier molecular flexibility index (Phi) is 5.03. The van der Waals surface area contributed by atoms with Gasteiger partial charge in [-0.3, -0.25) is 9.36 Å². The van der Waals surface area contributed by atoms with Gasteiger partial charge >= 0.3 is 0 Å². The van der Waals surface area contributed by atoms with E-state index in [2.05, 4.69) is 25.3 Å². The van der Waals surface area contributed by atoms with Gasteiger partial charge in [0.15, 0.2) is 11.5 Å². The van der Waals surface area contributed by atoms with Crippen LogP contribution in [0.15, 0.2) is 59.9 Å². The molecule has 3 aromatic heterocycles. The molecule has 0 saturated carbocycles. The molecular formula is C22H15Cl2FN6O. The lowest BCUT2D eigenvalue weighted by Crippen LogP contribution is -2.26. The number of rotatable bonds is 4. The SMILES string of the molecule is C[C@H](Nc1ncnc2[nH]cnc12)c1cc2ccc(F)cc2c(=O)n1-c1cccc(Cl)c1Cl. The van der Waals surface area contributed by atoms with E-state index in [1.54, 1.807) is 24.3 Å². The molecule has 0 aliphatic rings. The van der Waals surface area contributed by atoms with E-state index in [-0.39, 0.29) is 10.4 Å². The number of nitrogens with zero attached hydrogens (tertiary/aromatic N) is 4. The normalized spacial score (nSPS) is 12.4.